The molecule has 1 aromatic carbocycles. The molecule has 0 amide bonds. The number of fused-ring (bicyclic) bond motifs is 2. The summed E-state index contributed by atoms with van der Waals surface area (Å²) in [6.45, 7) is 7.17. The highest BCUT2D eigenvalue weighted by Crippen LogP contribution is 2.66. The van der Waals surface area contributed by atoms with Gasteiger partial charge in [-0.2, -0.15) is 0 Å². The largest absolute Gasteiger partial charge is 0.490 e. The van der Waals surface area contributed by atoms with Crippen molar-refractivity contribution < 1.29 is 4.74 Å². The first-order chi connectivity index (χ1) is 8.84. The summed E-state index contributed by atoms with van der Waals surface area (Å²) in [5, 5.41) is 0. The van der Waals surface area contributed by atoms with E-state index in [2.05, 4.69) is 20.8 Å². The van der Waals surface area contributed by atoms with Gasteiger partial charge in [0, 0.05) is 11.5 Å². The van der Waals surface area contributed by atoms with Gasteiger partial charge in [0.15, 0.2) is 0 Å². The normalized spacial score (nSPS) is 35.5. The lowest BCUT2D eigenvalue weighted by atomic mass is 9.70. The lowest BCUT2D eigenvalue weighted by Gasteiger charge is -2.38. The van der Waals surface area contributed by atoms with E-state index >= 15 is 0 Å². The van der Waals surface area contributed by atoms with Gasteiger partial charge in [0.2, 0.25) is 0 Å². The maximum absolute atomic E-state index is 6.25. The number of anilines is 2. The van der Waals surface area contributed by atoms with E-state index in [-0.39, 0.29) is 5.41 Å². The van der Waals surface area contributed by atoms with Crippen molar-refractivity contribution in [2.24, 2.45) is 16.7 Å². The first kappa shape index (κ1) is 12.6. The van der Waals surface area contributed by atoms with E-state index in [0.717, 1.165) is 18.1 Å². The molecule has 0 aromatic heterocycles. The smallest absolute Gasteiger partial charge is 0.121 e. The Labute approximate surface area is 115 Å². The van der Waals surface area contributed by atoms with Crippen LogP contribution in [0.1, 0.15) is 40.0 Å². The van der Waals surface area contributed by atoms with E-state index in [0.29, 0.717) is 22.9 Å². The van der Waals surface area contributed by atoms with Crippen molar-refractivity contribution >= 4 is 11.4 Å². The van der Waals surface area contributed by atoms with Crippen molar-refractivity contribution in [1.29, 1.82) is 0 Å². The number of nitrogens with two attached hydrogens (primary N) is 2. The molecule has 0 spiro atoms. The molecule has 0 heterocycles. The quantitative estimate of drug-likeness (QED) is 0.801. The molecule has 2 aliphatic carbocycles. The second-order valence-electron chi connectivity index (χ2n) is 7.01. The molecule has 2 bridgehead atoms. The third-order valence-electron chi connectivity index (χ3n) is 6.05. The summed E-state index contributed by atoms with van der Waals surface area (Å²) in [5.74, 6) is 1.63. The molecule has 3 unspecified atom stereocenters. The van der Waals surface area contributed by atoms with Crippen LogP contribution in [0.4, 0.5) is 11.4 Å². The van der Waals surface area contributed by atoms with E-state index < -0.39 is 0 Å². The molecular formula is C16H24N2O. The molecule has 0 saturated heterocycles. The van der Waals surface area contributed by atoms with Gasteiger partial charge in [-0.3, -0.25) is 0 Å². The summed E-state index contributed by atoms with van der Waals surface area (Å²) in [6, 6.07) is 5.59. The molecule has 3 nitrogen and oxygen atoms in total. The van der Waals surface area contributed by atoms with Gasteiger partial charge in [0.1, 0.15) is 11.9 Å². The maximum Gasteiger partial charge on any atom is 0.121 e. The van der Waals surface area contributed by atoms with Crippen molar-refractivity contribution in [2.75, 3.05) is 11.5 Å². The van der Waals surface area contributed by atoms with Crippen LogP contribution in [-0.2, 0) is 0 Å². The van der Waals surface area contributed by atoms with Gasteiger partial charge in [0.05, 0.1) is 11.4 Å². The number of rotatable bonds is 2. The van der Waals surface area contributed by atoms with Crippen molar-refractivity contribution in [3.8, 4) is 5.75 Å². The molecule has 104 valence electrons. The van der Waals surface area contributed by atoms with Gasteiger partial charge in [-0.1, -0.05) is 20.8 Å². The van der Waals surface area contributed by atoms with Crippen molar-refractivity contribution in [2.45, 2.75) is 46.1 Å². The predicted molar refractivity (Wildman–Crippen MR) is 78.9 cm³/mol. The SMILES string of the molecule is CC1(C)C2CCC1(C)C(Oc1ccc(N)c(N)c1)C2. The Hall–Kier alpha value is -1.38. The minimum Gasteiger partial charge on any atom is -0.490 e. The monoisotopic (exact) mass is 260 g/mol. The average molecular weight is 260 g/mol. The summed E-state index contributed by atoms with van der Waals surface area (Å²) in [5.41, 5.74) is 13.5. The van der Waals surface area contributed by atoms with Crippen molar-refractivity contribution in [3.05, 3.63) is 18.2 Å². The highest BCUT2D eigenvalue weighted by Gasteiger charge is 2.62. The zero-order chi connectivity index (χ0) is 13.8. The van der Waals surface area contributed by atoms with Crippen molar-refractivity contribution in [3.63, 3.8) is 0 Å². The Morgan fingerprint density at radius 1 is 1.16 bits per heavy atom. The lowest BCUT2D eigenvalue weighted by molar-refractivity contribution is 0.0302. The number of nitrogen functional groups attached to an aromatic ring is 2. The molecule has 3 rings (SSSR count). The second-order valence-corrected chi connectivity index (χ2v) is 7.01. The van der Waals surface area contributed by atoms with Crippen LogP contribution in [0.3, 0.4) is 0 Å². The molecule has 19 heavy (non-hydrogen) atoms. The number of ether oxygens (including phenoxy) is 1. The molecule has 1 aromatic rings. The fourth-order valence-electron chi connectivity index (χ4n) is 4.10. The maximum atomic E-state index is 6.25. The molecule has 3 heteroatoms. The molecular weight excluding hydrogens is 236 g/mol. The van der Waals surface area contributed by atoms with Gasteiger partial charge in [-0.25, -0.2) is 0 Å². The predicted octanol–water partition coefficient (Wildman–Crippen LogP) is 3.44. The Bertz CT molecular complexity index is 511. The fraction of sp³-hybridized carbons (Fsp3) is 0.625. The molecule has 0 aliphatic heterocycles. The first-order valence-electron chi connectivity index (χ1n) is 7.16. The highest BCUT2D eigenvalue weighted by atomic mass is 16.5. The Morgan fingerprint density at radius 3 is 2.42 bits per heavy atom. The van der Waals surface area contributed by atoms with Crippen LogP contribution < -0.4 is 16.2 Å². The van der Waals surface area contributed by atoms with Crippen LogP contribution in [0, 0.1) is 16.7 Å². The van der Waals surface area contributed by atoms with E-state index in [4.69, 9.17) is 16.2 Å². The van der Waals surface area contributed by atoms with E-state index in [1.807, 2.05) is 18.2 Å². The van der Waals surface area contributed by atoms with E-state index in [9.17, 15) is 0 Å². The minimum absolute atomic E-state index is 0.272. The Balaban J connectivity index is 1.84. The highest BCUT2D eigenvalue weighted by molar-refractivity contribution is 5.65. The number of benzene rings is 1. The summed E-state index contributed by atoms with van der Waals surface area (Å²) in [4.78, 5) is 0. The van der Waals surface area contributed by atoms with Gasteiger partial charge in [-0.15, -0.1) is 0 Å². The van der Waals surface area contributed by atoms with E-state index in [1.165, 1.54) is 12.8 Å². The molecule has 0 radical (unpaired) electrons. The summed E-state index contributed by atoms with van der Waals surface area (Å²) < 4.78 is 6.25. The van der Waals surface area contributed by atoms with Crippen LogP contribution >= 0.6 is 0 Å². The second kappa shape index (κ2) is 3.81. The standard InChI is InChI=1S/C16H24N2O/c1-15(2)10-6-7-16(15,3)14(8-10)19-11-4-5-12(17)13(18)9-11/h4-5,9-10,14H,6-8,17-18H2,1-3H3. The molecule has 2 saturated carbocycles. The molecule has 2 fully saturated rings. The topological polar surface area (TPSA) is 61.3 Å². The minimum atomic E-state index is 0.272. The summed E-state index contributed by atoms with van der Waals surface area (Å²) in [6.07, 6.45) is 4.06. The molecule has 2 aliphatic rings. The molecule has 3 atom stereocenters. The molecule has 4 N–H and O–H groups in total. The van der Waals surface area contributed by atoms with Crippen molar-refractivity contribution in [1.82, 2.24) is 0 Å². The van der Waals surface area contributed by atoms with Crippen LogP contribution in [-0.4, -0.2) is 6.10 Å². The first-order valence-corrected chi connectivity index (χ1v) is 7.16. The third kappa shape index (κ3) is 1.63. The zero-order valence-electron chi connectivity index (χ0n) is 12.1. The number of hydrogen-bond donors (Lipinski definition) is 2. The van der Waals surface area contributed by atoms with Gasteiger partial charge in [-0.05, 0) is 42.7 Å². The summed E-state index contributed by atoms with van der Waals surface area (Å²) >= 11 is 0. The lowest BCUT2D eigenvalue weighted by Crippen LogP contribution is -2.38. The number of hydrogen-bond acceptors (Lipinski definition) is 3. The van der Waals surface area contributed by atoms with Crippen LogP contribution in [0.15, 0.2) is 18.2 Å². The Kier molecular flexibility index (Phi) is 2.54. The fourth-order valence-corrected chi connectivity index (χ4v) is 4.10. The summed E-state index contributed by atoms with van der Waals surface area (Å²) in [7, 11) is 0. The van der Waals surface area contributed by atoms with Gasteiger partial charge < -0.3 is 16.2 Å². The zero-order valence-corrected chi connectivity index (χ0v) is 12.1. The Morgan fingerprint density at radius 2 is 1.89 bits per heavy atom. The van der Waals surface area contributed by atoms with Crippen LogP contribution in [0.2, 0.25) is 0 Å². The third-order valence-corrected chi connectivity index (χ3v) is 6.05. The van der Waals surface area contributed by atoms with Crippen LogP contribution in [0.5, 0.6) is 5.75 Å². The average Bonchev–Trinajstić information content (AvgIpc) is 2.67. The van der Waals surface area contributed by atoms with Gasteiger partial charge >= 0.3 is 0 Å². The van der Waals surface area contributed by atoms with E-state index in [1.54, 1.807) is 0 Å². The van der Waals surface area contributed by atoms with Gasteiger partial charge in [0.25, 0.3) is 0 Å². The van der Waals surface area contributed by atoms with Crippen LogP contribution in [0.25, 0.3) is 0 Å².